The van der Waals surface area contributed by atoms with Crippen molar-refractivity contribution in [3.05, 3.63) is 23.8 Å². The molecule has 1 aliphatic carbocycles. The SMILES string of the molecule is O=C(O)CCC1=CCC(C(F)(F)F)(C(F)(F)F)C=C1. The highest BCUT2D eigenvalue weighted by Crippen LogP contribution is 2.55. The first-order valence-corrected chi connectivity index (χ1v) is 5.23. The number of rotatable bonds is 3. The molecular weight excluding hydrogens is 278 g/mol. The first kappa shape index (κ1) is 15.6. The lowest BCUT2D eigenvalue weighted by atomic mass is 9.78. The molecule has 0 radical (unpaired) electrons. The van der Waals surface area contributed by atoms with Crippen molar-refractivity contribution in [1.82, 2.24) is 0 Å². The Morgan fingerprint density at radius 2 is 1.74 bits per heavy atom. The van der Waals surface area contributed by atoms with Gasteiger partial charge in [0.15, 0.2) is 5.41 Å². The van der Waals surface area contributed by atoms with E-state index in [1.165, 1.54) is 0 Å². The summed E-state index contributed by atoms with van der Waals surface area (Å²) in [4.78, 5) is 10.3. The highest BCUT2D eigenvalue weighted by atomic mass is 19.4. The van der Waals surface area contributed by atoms with Crippen LogP contribution in [0.4, 0.5) is 26.3 Å². The molecule has 1 rings (SSSR count). The molecule has 0 amide bonds. The first-order chi connectivity index (χ1) is 8.49. The zero-order valence-corrected chi connectivity index (χ0v) is 9.48. The molecule has 108 valence electrons. The van der Waals surface area contributed by atoms with Gasteiger partial charge < -0.3 is 5.11 Å². The van der Waals surface area contributed by atoms with E-state index >= 15 is 0 Å². The van der Waals surface area contributed by atoms with Crippen LogP contribution >= 0.6 is 0 Å². The first-order valence-electron chi connectivity index (χ1n) is 5.23. The molecule has 1 aliphatic rings. The van der Waals surface area contributed by atoms with Gasteiger partial charge in [-0.05, 0) is 12.8 Å². The quantitative estimate of drug-likeness (QED) is 0.801. The van der Waals surface area contributed by atoms with Gasteiger partial charge in [-0.2, -0.15) is 26.3 Å². The predicted molar refractivity (Wildman–Crippen MR) is 53.3 cm³/mol. The van der Waals surface area contributed by atoms with Crippen LogP contribution in [0.2, 0.25) is 0 Å². The van der Waals surface area contributed by atoms with Crippen LogP contribution in [0.5, 0.6) is 0 Å². The maximum Gasteiger partial charge on any atom is 0.406 e. The molecule has 0 aliphatic heterocycles. The van der Waals surface area contributed by atoms with E-state index in [0.717, 1.165) is 6.08 Å². The van der Waals surface area contributed by atoms with Gasteiger partial charge in [0.05, 0.1) is 0 Å². The minimum Gasteiger partial charge on any atom is -0.481 e. The molecule has 0 bridgehead atoms. The van der Waals surface area contributed by atoms with E-state index in [2.05, 4.69) is 0 Å². The molecular formula is C11H10F6O2. The van der Waals surface area contributed by atoms with Gasteiger partial charge in [0.2, 0.25) is 0 Å². The van der Waals surface area contributed by atoms with Crippen LogP contribution in [0.25, 0.3) is 0 Å². The molecule has 19 heavy (non-hydrogen) atoms. The summed E-state index contributed by atoms with van der Waals surface area (Å²) >= 11 is 0. The van der Waals surface area contributed by atoms with Crippen molar-refractivity contribution in [2.24, 2.45) is 5.41 Å². The van der Waals surface area contributed by atoms with Gasteiger partial charge in [-0.25, -0.2) is 0 Å². The van der Waals surface area contributed by atoms with E-state index in [0.29, 0.717) is 6.08 Å². The second kappa shape index (κ2) is 4.90. The molecule has 0 saturated heterocycles. The Hall–Kier alpha value is -1.47. The minimum atomic E-state index is -5.45. The number of carboxylic acids is 1. The molecule has 0 fully saturated rings. The van der Waals surface area contributed by atoms with Crippen molar-refractivity contribution in [2.75, 3.05) is 0 Å². The van der Waals surface area contributed by atoms with E-state index in [4.69, 9.17) is 5.11 Å². The van der Waals surface area contributed by atoms with Gasteiger partial charge in [-0.15, -0.1) is 0 Å². The highest BCUT2D eigenvalue weighted by Gasteiger charge is 2.68. The van der Waals surface area contributed by atoms with Crippen LogP contribution in [-0.2, 0) is 4.79 Å². The Bertz CT molecular complexity index is 402. The third-order valence-electron chi connectivity index (χ3n) is 2.91. The standard InChI is InChI=1S/C11H10F6O2/c12-10(13,14)9(11(15,16)17)5-3-7(4-6-9)1-2-8(18)19/h3-5H,1-2,6H2,(H,18,19). The lowest BCUT2D eigenvalue weighted by Gasteiger charge is -2.35. The molecule has 0 aromatic rings. The number of halogens is 6. The smallest absolute Gasteiger partial charge is 0.406 e. The Morgan fingerprint density at radius 1 is 1.21 bits per heavy atom. The average molecular weight is 288 g/mol. The highest BCUT2D eigenvalue weighted by molar-refractivity contribution is 5.67. The molecule has 0 unspecified atom stereocenters. The molecule has 0 atom stereocenters. The summed E-state index contributed by atoms with van der Waals surface area (Å²) in [6.45, 7) is 0. The zero-order chi connectivity index (χ0) is 14.9. The van der Waals surface area contributed by atoms with Crippen molar-refractivity contribution in [2.45, 2.75) is 31.6 Å². The Balaban J connectivity index is 2.94. The van der Waals surface area contributed by atoms with Gasteiger partial charge in [0, 0.05) is 6.42 Å². The van der Waals surface area contributed by atoms with E-state index < -0.39 is 30.2 Å². The molecule has 0 heterocycles. The van der Waals surface area contributed by atoms with Crippen LogP contribution in [0.3, 0.4) is 0 Å². The van der Waals surface area contributed by atoms with Crippen LogP contribution in [0.1, 0.15) is 19.3 Å². The van der Waals surface area contributed by atoms with Crippen molar-refractivity contribution >= 4 is 5.97 Å². The molecule has 0 aromatic heterocycles. The van der Waals surface area contributed by atoms with Gasteiger partial charge >= 0.3 is 18.3 Å². The molecule has 2 nitrogen and oxygen atoms in total. The maximum absolute atomic E-state index is 12.6. The lowest BCUT2D eigenvalue weighted by molar-refractivity contribution is -0.320. The fourth-order valence-electron chi connectivity index (χ4n) is 1.70. The minimum absolute atomic E-state index is 0.0736. The number of hydrogen-bond acceptors (Lipinski definition) is 1. The third-order valence-corrected chi connectivity index (χ3v) is 2.91. The number of carbonyl (C=O) groups is 1. The lowest BCUT2D eigenvalue weighted by Crippen LogP contribution is -2.48. The zero-order valence-electron chi connectivity index (χ0n) is 9.48. The van der Waals surface area contributed by atoms with E-state index in [1.54, 1.807) is 0 Å². The van der Waals surface area contributed by atoms with Crippen LogP contribution in [0, 0.1) is 5.41 Å². The molecule has 8 heteroatoms. The number of aliphatic carboxylic acids is 1. The van der Waals surface area contributed by atoms with Crippen LogP contribution in [0.15, 0.2) is 23.8 Å². The third kappa shape index (κ3) is 3.10. The molecule has 1 N–H and O–H groups in total. The van der Waals surface area contributed by atoms with Gasteiger partial charge in [-0.3, -0.25) is 4.79 Å². The monoisotopic (exact) mass is 288 g/mol. The number of carboxylic acid groups (broad SMARTS) is 1. The van der Waals surface area contributed by atoms with Gasteiger partial charge in [0.25, 0.3) is 0 Å². The summed E-state index contributed by atoms with van der Waals surface area (Å²) in [5.41, 5.74) is -3.72. The van der Waals surface area contributed by atoms with E-state index in [-0.39, 0.29) is 24.5 Å². The summed E-state index contributed by atoms with van der Waals surface area (Å²) in [6.07, 6.45) is -11.0. The summed E-state index contributed by atoms with van der Waals surface area (Å²) in [6, 6.07) is 0. The number of alkyl halides is 6. The van der Waals surface area contributed by atoms with Crippen molar-refractivity contribution < 1.29 is 36.2 Å². The Morgan fingerprint density at radius 3 is 2.05 bits per heavy atom. The van der Waals surface area contributed by atoms with Crippen molar-refractivity contribution in [3.63, 3.8) is 0 Å². The van der Waals surface area contributed by atoms with E-state index in [9.17, 15) is 31.1 Å². The molecule has 0 spiro atoms. The number of allylic oxidation sites excluding steroid dienone is 4. The van der Waals surface area contributed by atoms with Gasteiger partial charge in [-0.1, -0.05) is 23.8 Å². The Labute approximate surface area is 104 Å². The molecule has 0 aromatic carbocycles. The van der Waals surface area contributed by atoms with Crippen LogP contribution < -0.4 is 0 Å². The summed E-state index contributed by atoms with van der Waals surface area (Å²) in [5.74, 6) is -1.17. The second-order valence-corrected chi connectivity index (χ2v) is 4.18. The maximum atomic E-state index is 12.6. The Kier molecular flexibility index (Phi) is 4.02. The molecule has 0 saturated carbocycles. The average Bonchev–Trinajstić information content (AvgIpc) is 2.23. The summed E-state index contributed by atoms with van der Waals surface area (Å²) in [5, 5.41) is 8.39. The predicted octanol–water partition coefficient (Wildman–Crippen LogP) is 3.85. The normalized spacial score (nSPS) is 19.2. The fraction of sp³-hybridized carbons (Fsp3) is 0.545. The fourth-order valence-corrected chi connectivity index (χ4v) is 1.70. The van der Waals surface area contributed by atoms with Crippen LogP contribution in [-0.4, -0.2) is 23.4 Å². The van der Waals surface area contributed by atoms with E-state index in [1.807, 2.05) is 0 Å². The second-order valence-electron chi connectivity index (χ2n) is 4.18. The summed E-state index contributed by atoms with van der Waals surface area (Å²) in [7, 11) is 0. The summed E-state index contributed by atoms with van der Waals surface area (Å²) < 4.78 is 75.8. The van der Waals surface area contributed by atoms with Crippen molar-refractivity contribution in [3.8, 4) is 0 Å². The van der Waals surface area contributed by atoms with Crippen molar-refractivity contribution in [1.29, 1.82) is 0 Å². The van der Waals surface area contributed by atoms with Gasteiger partial charge in [0.1, 0.15) is 0 Å². The largest absolute Gasteiger partial charge is 0.481 e. The number of hydrogen-bond donors (Lipinski definition) is 1. The topological polar surface area (TPSA) is 37.3 Å².